The molecule has 0 aliphatic rings. The number of carbonyl (C=O) groups excluding carboxylic acids is 1. The van der Waals surface area contributed by atoms with Gasteiger partial charge in [-0.3, -0.25) is 9.36 Å². The zero-order valence-corrected chi connectivity index (χ0v) is 8.82. The number of nitrogens with zero attached hydrogens (tertiary/aromatic N) is 1. The fourth-order valence-electron chi connectivity index (χ4n) is 1.48. The summed E-state index contributed by atoms with van der Waals surface area (Å²) in [6.07, 6.45) is 0.493. The quantitative estimate of drug-likeness (QED) is 0.777. The van der Waals surface area contributed by atoms with Crippen molar-refractivity contribution in [2.24, 2.45) is 0 Å². The highest BCUT2D eigenvalue weighted by molar-refractivity contribution is 6.34. The van der Waals surface area contributed by atoms with E-state index in [4.69, 9.17) is 11.6 Å². The van der Waals surface area contributed by atoms with Gasteiger partial charge in [0.1, 0.15) is 6.29 Å². The van der Waals surface area contributed by atoms with Crippen LogP contribution in [0.15, 0.2) is 27.8 Å². The van der Waals surface area contributed by atoms with Gasteiger partial charge in [-0.25, -0.2) is 4.79 Å². The molecular weight excluding hydrogens is 232 g/mol. The van der Waals surface area contributed by atoms with Gasteiger partial charge in [-0.05, 0) is 12.1 Å². The maximum Gasteiger partial charge on any atom is 0.329 e. The molecule has 0 saturated carbocycles. The number of aromatic amines is 1. The molecule has 16 heavy (non-hydrogen) atoms. The van der Waals surface area contributed by atoms with Gasteiger partial charge in [-0.2, -0.15) is 0 Å². The number of hydrogen-bond donors (Lipinski definition) is 1. The predicted molar refractivity (Wildman–Crippen MR) is 59.9 cm³/mol. The normalized spacial score (nSPS) is 10.6. The number of halogens is 1. The van der Waals surface area contributed by atoms with Gasteiger partial charge in [0.15, 0.2) is 0 Å². The highest BCUT2D eigenvalue weighted by Gasteiger charge is 2.08. The van der Waals surface area contributed by atoms with E-state index >= 15 is 0 Å². The molecular formula is C10H7ClN2O3. The highest BCUT2D eigenvalue weighted by Crippen LogP contribution is 2.16. The third-order valence-corrected chi connectivity index (χ3v) is 2.54. The zero-order valence-electron chi connectivity index (χ0n) is 8.07. The summed E-state index contributed by atoms with van der Waals surface area (Å²) in [5, 5.41) is 0.582. The number of rotatable bonds is 2. The molecule has 0 saturated heterocycles. The number of carbonyl (C=O) groups is 1. The second-order valence-electron chi connectivity index (χ2n) is 3.17. The van der Waals surface area contributed by atoms with Crippen LogP contribution in [0.25, 0.3) is 10.9 Å². The van der Waals surface area contributed by atoms with Gasteiger partial charge >= 0.3 is 5.69 Å². The van der Waals surface area contributed by atoms with Crippen LogP contribution >= 0.6 is 11.6 Å². The molecule has 6 heteroatoms. The number of nitrogens with one attached hydrogen (secondary N) is 1. The topological polar surface area (TPSA) is 71.9 Å². The lowest BCUT2D eigenvalue weighted by atomic mass is 10.2. The Balaban J connectivity index is 2.95. The summed E-state index contributed by atoms with van der Waals surface area (Å²) in [6, 6.07) is 4.72. The Kier molecular flexibility index (Phi) is 2.62. The number of para-hydroxylation sites is 1. The predicted octanol–water partition coefficient (Wildman–Crippen LogP) is 0.542. The van der Waals surface area contributed by atoms with Crippen molar-refractivity contribution in [2.45, 2.75) is 6.54 Å². The Morgan fingerprint density at radius 2 is 2.12 bits per heavy atom. The van der Waals surface area contributed by atoms with Crippen molar-refractivity contribution in [3.63, 3.8) is 0 Å². The van der Waals surface area contributed by atoms with Gasteiger partial charge in [-0.1, -0.05) is 17.7 Å². The molecule has 1 aromatic heterocycles. The molecule has 1 N–H and O–H groups in total. The first kappa shape index (κ1) is 10.6. The Labute approximate surface area is 94.3 Å². The first-order chi connectivity index (χ1) is 7.65. The number of aldehydes is 1. The van der Waals surface area contributed by atoms with Crippen molar-refractivity contribution >= 4 is 28.8 Å². The van der Waals surface area contributed by atoms with Crippen LogP contribution in [0.1, 0.15) is 0 Å². The number of aromatic nitrogens is 2. The van der Waals surface area contributed by atoms with Crippen molar-refractivity contribution in [2.75, 3.05) is 0 Å². The average molecular weight is 239 g/mol. The smallest absolute Gasteiger partial charge is 0.305 e. The Bertz CT molecular complexity index is 672. The minimum Gasteiger partial charge on any atom is -0.305 e. The summed E-state index contributed by atoms with van der Waals surface area (Å²) in [5.74, 6) is 0. The van der Waals surface area contributed by atoms with E-state index in [9.17, 15) is 14.4 Å². The second kappa shape index (κ2) is 3.94. The van der Waals surface area contributed by atoms with Crippen molar-refractivity contribution in [3.05, 3.63) is 44.1 Å². The van der Waals surface area contributed by atoms with Gasteiger partial charge in [0, 0.05) is 0 Å². The summed E-state index contributed by atoms with van der Waals surface area (Å²) in [5.41, 5.74) is -0.868. The fraction of sp³-hybridized carbons (Fsp3) is 0.100. The van der Waals surface area contributed by atoms with Gasteiger partial charge in [0.2, 0.25) is 0 Å². The van der Waals surface area contributed by atoms with E-state index in [1.54, 1.807) is 18.2 Å². The maximum atomic E-state index is 11.8. The summed E-state index contributed by atoms with van der Waals surface area (Å²) < 4.78 is 0.825. The van der Waals surface area contributed by atoms with E-state index in [1.807, 2.05) is 0 Å². The number of hydrogen-bond acceptors (Lipinski definition) is 3. The third kappa shape index (κ3) is 1.55. The van der Waals surface area contributed by atoms with Crippen LogP contribution < -0.4 is 11.2 Å². The molecule has 82 valence electrons. The Morgan fingerprint density at radius 3 is 2.81 bits per heavy atom. The standard InChI is InChI=1S/C10H7ClN2O3/c11-7-3-1-2-6-8(7)12-10(16)13(4-5-14)9(6)15/h1-3,5H,4H2,(H,12,16). The van der Waals surface area contributed by atoms with E-state index in [2.05, 4.69) is 4.98 Å². The SMILES string of the molecule is O=CCn1c(=O)[nH]c2c(Cl)cccc2c1=O. The first-order valence-corrected chi connectivity index (χ1v) is 4.88. The minimum atomic E-state index is -0.641. The largest absolute Gasteiger partial charge is 0.329 e. The van der Waals surface area contributed by atoms with Crippen LogP contribution in [0.4, 0.5) is 0 Å². The highest BCUT2D eigenvalue weighted by atomic mass is 35.5. The van der Waals surface area contributed by atoms with Crippen LogP contribution in [0.5, 0.6) is 0 Å². The molecule has 0 bridgehead atoms. The van der Waals surface area contributed by atoms with Gasteiger partial charge in [-0.15, -0.1) is 0 Å². The number of benzene rings is 1. The van der Waals surface area contributed by atoms with Gasteiger partial charge < -0.3 is 9.78 Å². The van der Waals surface area contributed by atoms with Gasteiger partial charge in [0.25, 0.3) is 5.56 Å². The lowest BCUT2D eigenvalue weighted by molar-refractivity contribution is -0.108. The van der Waals surface area contributed by atoms with E-state index in [0.717, 1.165) is 4.57 Å². The molecule has 2 aromatic rings. The van der Waals surface area contributed by atoms with Crippen LogP contribution in [-0.4, -0.2) is 15.8 Å². The Morgan fingerprint density at radius 1 is 1.38 bits per heavy atom. The lowest BCUT2D eigenvalue weighted by Crippen LogP contribution is -2.35. The molecule has 1 aromatic carbocycles. The van der Waals surface area contributed by atoms with E-state index in [1.165, 1.54) is 0 Å². The third-order valence-electron chi connectivity index (χ3n) is 2.22. The monoisotopic (exact) mass is 238 g/mol. The van der Waals surface area contributed by atoms with Crippen LogP contribution in [0.3, 0.4) is 0 Å². The van der Waals surface area contributed by atoms with E-state index in [-0.39, 0.29) is 11.9 Å². The van der Waals surface area contributed by atoms with E-state index < -0.39 is 11.2 Å². The van der Waals surface area contributed by atoms with Crippen molar-refractivity contribution in [1.82, 2.24) is 9.55 Å². The molecule has 5 nitrogen and oxygen atoms in total. The molecule has 0 aliphatic carbocycles. The van der Waals surface area contributed by atoms with Gasteiger partial charge in [0.05, 0.1) is 22.5 Å². The summed E-state index contributed by atoms with van der Waals surface area (Å²) >= 11 is 5.84. The van der Waals surface area contributed by atoms with Crippen LogP contribution in [0.2, 0.25) is 5.02 Å². The number of H-pyrrole nitrogens is 1. The zero-order chi connectivity index (χ0) is 11.7. The van der Waals surface area contributed by atoms with E-state index in [0.29, 0.717) is 16.8 Å². The maximum absolute atomic E-state index is 11.8. The molecule has 1 heterocycles. The lowest BCUT2D eigenvalue weighted by Gasteiger charge is -2.03. The molecule has 0 fully saturated rings. The average Bonchev–Trinajstić information content (AvgIpc) is 2.26. The van der Waals surface area contributed by atoms with Crippen LogP contribution in [-0.2, 0) is 11.3 Å². The first-order valence-electron chi connectivity index (χ1n) is 4.50. The fourth-order valence-corrected chi connectivity index (χ4v) is 1.70. The molecule has 2 rings (SSSR count). The van der Waals surface area contributed by atoms with Crippen molar-refractivity contribution in [3.8, 4) is 0 Å². The van der Waals surface area contributed by atoms with Crippen molar-refractivity contribution < 1.29 is 4.79 Å². The molecule has 0 atom stereocenters. The molecule has 0 unspecified atom stereocenters. The van der Waals surface area contributed by atoms with Crippen LogP contribution in [0, 0.1) is 0 Å². The molecule has 0 amide bonds. The molecule has 0 radical (unpaired) electrons. The molecule has 0 aliphatic heterocycles. The minimum absolute atomic E-state index is 0.267. The number of fused-ring (bicyclic) bond motifs is 1. The summed E-state index contributed by atoms with van der Waals surface area (Å²) in [4.78, 5) is 36.1. The summed E-state index contributed by atoms with van der Waals surface area (Å²) in [7, 11) is 0. The molecule has 0 spiro atoms. The Hall–Kier alpha value is -1.88. The summed E-state index contributed by atoms with van der Waals surface area (Å²) in [6.45, 7) is -0.267. The van der Waals surface area contributed by atoms with Crippen molar-refractivity contribution in [1.29, 1.82) is 0 Å². The second-order valence-corrected chi connectivity index (χ2v) is 3.58.